The molecule has 0 radical (unpaired) electrons. The van der Waals surface area contributed by atoms with E-state index in [4.69, 9.17) is 0 Å². The molecule has 4 rings (SSSR count). The first-order chi connectivity index (χ1) is 14.0. The van der Waals surface area contributed by atoms with Crippen molar-refractivity contribution in [2.45, 2.75) is 12.8 Å². The molecule has 0 bridgehead atoms. The van der Waals surface area contributed by atoms with Crippen LogP contribution in [-0.2, 0) is 11.8 Å². The number of rotatable bonds is 3. The van der Waals surface area contributed by atoms with Crippen LogP contribution in [0.5, 0.6) is 0 Å². The Labute approximate surface area is 169 Å². The zero-order valence-corrected chi connectivity index (χ0v) is 16.6. The van der Waals surface area contributed by atoms with Crippen LogP contribution in [0.15, 0.2) is 41.3 Å². The van der Waals surface area contributed by atoms with E-state index >= 15 is 0 Å². The Balaban J connectivity index is 1.36. The number of aryl methyl sites for hydroxylation is 1. The molecule has 1 aromatic heterocycles. The lowest BCUT2D eigenvalue weighted by Crippen LogP contribution is -2.52. The van der Waals surface area contributed by atoms with Gasteiger partial charge in [-0.1, -0.05) is 0 Å². The van der Waals surface area contributed by atoms with Crippen LogP contribution >= 0.6 is 0 Å². The average molecular weight is 399 g/mol. The van der Waals surface area contributed by atoms with Crippen LogP contribution in [0.1, 0.15) is 12.8 Å². The van der Waals surface area contributed by atoms with Gasteiger partial charge in [0, 0.05) is 58.1 Å². The molecular weight excluding hydrogens is 373 g/mol. The summed E-state index contributed by atoms with van der Waals surface area (Å²) in [6.45, 7) is 4.27. The first kappa shape index (κ1) is 19.4. The van der Waals surface area contributed by atoms with Crippen LogP contribution in [0.2, 0.25) is 0 Å². The van der Waals surface area contributed by atoms with E-state index in [1.165, 1.54) is 16.8 Å². The lowest BCUT2D eigenvalue weighted by Gasteiger charge is -2.40. The lowest BCUT2D eigenvalue weighted by atomic mass is 9.96. The Morgan fingerprint density at radius 2 is 1.76 bits per heavy atom. The highest BCUT2D eigenvalue weighted by Crippen LogP contribution is 2.24. The van der Waals surface area contributed by atoms with Crippen molar-refractivity contribution in [3.05, 3.63) is 52.7 Å². The van der Waals surface area contributed by atoms with E-state index in [9.17, 15) is 14.0 Å². The Hall–Kier alpha value is -2.90. The molecule has 2 aromatic rings. The van der Waals surface area contributed by atoms with Gasteiger partial charge in [0.2, 0.25) is 5.91 Å². The number of piperazine rings is 1. The summed E-state index contributed by atoms with van der Waals surface area (Å²) >= 11 is 0. The maximum Gasteiger partial charge on any atom is 0.268 e. The highest BCUT2D eigenvalue weighted by atomic mass is 19.1. The van der Waals surface area contributed by atoms with E-state index in [1.54, 1.807) is 31.4 Å². The van der Waals surface area contributed by atoms with Gasteiger partial charge in [-0.15, -0.1) is 0 Å². The Bertz CT molecular complexity index is 921. The van der Waals surface area contributed by atoms with Crippen molar-refractivity contribution in [2.24, 2.45) is 13.0 Å². The standard InChI is InChI=1S/C21H26FN5O2/c1-24-20(28)13-19(14-23-24)27-8-2-3-16(15-27)21(29)26-11-9-25(10-12-26)18-6-4-17(22)5-7-18/h4-7,13-14,16H,2-3,8-12,15H2,1H3/t16-/m0/s1. The van der Waals surface area contributed by atoms with Crippen molar-refractivity contribution < 1.29 is 9.18 Å². The molecule has 2 fully saturated rings. The summed E-state index contributed by atoms with van der Waals surface area (Å²) in [5.74, 6) is -0.119. The van der Waals surface area contributed by atoms with Crippen LogP contribution < -0.4 is 15.4 Å². The average Bonchev–Trinajstić information content (AvgIpc) is 2.76. The normalized spacial score (nSPS) is 20.1. The van der Waals surface area contributed by atoms with Gasteiger partial charge in [0.15, 0.2) is 0 Å². The Morgan fingerprint density at radius 1 is 1.03 bits per heavy atom. The Morgan fingerprint density at radius 3 is 2.45 bits per heavy atom. The Kier molecular flexibility index (Phi) is 5.51. The van der Waals surface area contributed by atoms with Crippen molar-refractivity contribution in [3.8, 4) is 0 Å². The molecule has 0 aliphatic carbocycles. The summed E-state index contributed by atoms with van der Waals surface area (Å²) in [4.78, 5) is 31.2. The minimum atomic E-state index is -0.240. The number of aromatic nitrogens is 2. The zero-order valence-electron chi connectivity index (χ0n) is 16.6. The number of carbonyl (C=O) groups excluding carboxylic acids is 1. The van der Waals surface area contributed by atoms with Crippen LogP contribution in [0.3, 0.4) is 0 Å². The number of anilines is 2. The topological polar surface area (TPSA) is 61.7 Å². The predicted molar refractivity (Wildman–Crippen MR) is 110 cm³/mol. The molecule has 0 N–H and O–H groups in total. The summed E-state index contributed by atoms with van der Waals surface area (Å²) in [6.07, 6.45) is 3.47. The van der Waals surface area contributed by atoms with Crippen molar-refractivity contribution in [3.63, 3.8) is 0 Å². The van der Waals surface area contributed by atoms with Crippen LogP contribution in [0, 0.1) is 11.7 Å². The molecular formula is C21H26FN5O2. The molecule has 154 valence electrons. The summed E-state index contributed by atoms with van der Waals surface area (Å²) in [7, 11) is 1.63. The van der Waals surface area contributed by atoms with E-state index in [-0.39, 0.29) is 23.2 Å². The number of hydrogen-bond donors (Lipinski definition) is 0. The highest BCUT2D eigenvalue weighted by Gasteiger charge is 2.31. The fourth-order valence-electron chi connectivity index (χ4n) is 4.14. The molecule has 2 saturated heterocycles. The van der Waals surface area contributed by atoms with E-state index in [1.807, 2.05) is 4.90 Å². The van der Waals surface area contributed by atoms with Gasteiger partial charge < -0.3 is 14.7 Å². The second kappa shape index (κ2) is 8.23. The largest absolute Gasteiger partial charge is 0.369 e. The van der Waals surface area contributed by atoms with Gasteiger partial charge in [-0.3, -0.25) is 9.59 Å². The van der Waals surface area contributed by atoms with Crippen molar-refractivity contribution in [2.75, 3.05) is 49.1 Å². The molecule has 3 heterocycles. The SMILES string of the molecule is Cn1ncc(N2CCC[C@H](C(=O)N3CCN(c4ccc(F)cc4)CC3)C2)cc1=O. The first-order valence-electron chi connectivity index (χ1n) is 10.1. The van der Waals surface area contributed by atoms with Gasteiger partial charge in [-0.05, 0) is 37.1 Å². The van der Waals surface area contributed by atoms with Gasteiger partial charge in [-0.2, -0.15) is 5.10 Å². The molecule has 29 heavy (non-hydrogen) atoms. The molecule has 0 spiro atoms. The molecule has 1 amide bonds. The number of nitrogens with zero attached hydrogens (tertiary/aromatic N) is 5. The molecule has 1 aromatic carbocycles. The lowest BCUT2D eigenvalue weighted by molar-refractivity contribution is -0.136. The monoisotopic (exact) mass is 399 g/mol. The third-order valence-electron chi connectivity index (χ3n) is 5.87. The van der Waals surface area contributed by atoms with Gasteiger partial charge in [0.1, 0.15) is 5.82 Å². The summed E-state index contributed by atoms with van der Waals surface area (Å²) in [5.41, 5.74) is 1.63. The molecule has 0 saturated carbocycles. The van der Waals surface area contributed by atoms with E-state index in [0.717, 1.165) is 43.9 Å². The summed E-state index contributed by atoms with van der Waals surface area (Å²) < 4.78 is 14.4. The van der Waals surface area contributed by atoms with Crippen molar-refractivity contribution >= 4 is 17.3 Å². The number of piperidine rings is 1. The first-order valence-corrected chi connectivity index (χ1v) is 10.1. The third kappa shape index (κ3) is 4.26. The maximum atomic E-state index is 13.1. The molecule has 2 aliphatic heterocycles. The van der Waals surface area contributed by atoms with Crippen molar-refractivity contribution in [1.82, 2.24) is 14.7 Å². The van der Waals surface area contributed by atoms with Gasteiger partial charge in [0.25, 0.3) is 5.56 Å². The highest BCUT2D eigenvalue weighted by molar-refractivity contribution is 5.80. The summed E-state index contributed by atoms with van der Waals surface area (Å²) in [6, 6.07) is 8.08. The third-order valence-corrected chi connectivity index (χ3v) is 5.87. The second-order valence-corrected chi connectivity index (χ2v) is 7.75. The number of carbonyl (C=O) groups is 1. The number of amides is 1. The second-order valence-electron chi connectivity index (χ2n) is 7.75. The number of hydrogen-bond acceptors (Lipinski definition) is 5. The molecule has 8 heteroatoms. The quantitative estimate of drug-likeness (QED) is 0.783. The van der Waals surface area contributed by atoms with Crippen LogP contribution in [-0.4, -0.2) is 59.9 Å². The van der Waals surface area contributed by atoms with Crippen LogP contribution in [0.25, 0.3) is 0 Å². The smallest absolute Gasteiger partial charge is 0.268 e. The fourth-order valence-corrected chi connectivity index (χ4v) is 4.14. The van der Waals surface area contributed by atoms with E-state index in [0.29, 0.717) is 19.6 Å². The van der Waals surface area contributed by atoms with E-state index < -0.39 is 0 Å². The minimum absolute atomic E-state index is 0.0646. The molecule has 1 atom stereocenters. The zero-order chi connectivity index (χ0) is 20.4. The molecule has 0 unspecified atom stereocenters. The van der Waals surface area contributed by atoms with Gasteiger partial charge >= 0.3 is 0 Å². The van der Waals surface area contributed by atoms with Crippen molar-refractivity contribution in [1.29, 1.82) is 0 Å². The molecule has 2 aliphatic rings. The summed E-state index contributed by atoms with van der Waals surface area (Å²) in [5, 5.41) is 4.09. The predicted octanol–water partition coefficient (Wildman–Crippen LogP) is 1.48. The number of halogens is 1. The van der Waals surface area contributed by atoms with Gasteiger partial charge in [0.05, 0.1) is 17.8 Å². The van der Waals surface area contributed by atoms with E-state index in [2.05, 4.69) is 14.9 Å². The maximum absolute atomic E-state index is 13.1. The van der Waals surface area contributed by atoms with Crippen LogP contribution in [0.4, 0.5) is 15.8 Å². The fraction of sp³-hybridized carbons (Fsp3) is 0.476. The number of benzene rings is 1. The van der Waals surface area contributed by atoms with Gasteiger partial charge in [-0.25, -0.2) is 9.07 Å². The molecule has 7 nitrogen and oxygen atoms in total. The minimum Gasteiger partial charge on any atom is -0.369 e.